The Morgan fingerprint density at radius 2 is 1.54 bits per heavy atom. The number of benzene rings is 3. The molecule has 52 heavy (non-hydrogen) atoms. The molecule has 0 bridgehead atoms. The van der Waals surface area contributed by atoms with Crippen LogP contribution < -0.4 is 0 Å². The molecule has 0 amide bonds. The molecule has 0 saturated carbocycles. The SMILES string of the molecule is CCC(C)(CC)C(=O)/C=C(\O)C(C)(CC)CC.Cc1coc2cc(-c3sc4ccnc(-c5[c-]c6ccccc6c(C(C)(C)C)c5)c4c3C)ccc12.[Ir]. The number of allylic oxidation sites excluding steroid dienone is 2. The first kappa shape index (κ1) is 41.2. The van der Waals surface area contributed by atoms with Gasteiger partial charge < -0.3 is 9.52 Å². The first-order chi connectivity index (χ1) is 24.1. The Kier molecular flexibility index (Phi) is 12.8. The molecular weight excluding hydrogens is 839 g/mol. The Bertz CT molecular complexity index is 2220. The van der Waals surface area contributed by atoms with Crippen LogP contribution in [-0.4, -0.2) is 15.9 Å². The minimum absolute atomic E-state index is 0. The van der Waals surface area contributed by atoms with Crippen molar-refractivity contribution in [1.82, 2.24) is 4.98 Å². The van der Waals surface area contributed by atoms with E-state index >= 15 is 0 Å². The van der Waals surface area contributed by atoms with Crippen LogP contribution in [0.4, 0.5) is 0 Å². The van der Waals surface area contributed by atoms with Crippen molar-refractivity contribution < 1.29 is 34.4 Å². The van der Waals surface area contributed by atoms with Crippen LogP contribution in [0.2, 0.25) is 0 Å². The van der Waals surface area contributed by atoms with E-state index in [9.17, 15) is 9.90 Å². The number of aliphatic hydroxyl groups excluding tert-OH is 1. The molecule has 0 spiro atoms. The molecule has 277 valence electrons. The summed E-state index contributed by atoms with van der Waals surface area (Å²) in [6.07, 6.45) is 8.51. The van der Waals surface area contributed by atoms with Gasteiger partial charge in [0.1, 0.15) is 11.3 Å². The summed E-state index contributed by atoms with van der Waals surface area (Å²) in [4.78, 5) is 18.3. The van der Waals surface area contributed by atoms with Crippen LogP contribution in [0, 0.1) is 30.7 Å². The Balaban J connectivity index is 0.000000289. The van der Waals surface area contributed by atoms with Crippen LogP contribution in [0.25, 0.3) is 53.5 Å². The monoisotopic (exact) mass is 893 g/mol. The van der Waals surface area contributed by atoms with Gasteiger partial charge in [-0.05, 0) is 79.2 Å². The standard InChI is InChI=1S/C31H26NOS.C15H28O2.Ir/c1-18-17-33-26-16-21(10-11-23(18)26)30-19(2)28-27(34-30)12-13-32-29(28)22-14-20-8-6-7-9-24(20)25(15-22)31(3,4)5;1-7-14(5,8-2)12(16)11-13(17)15(6,9-3)10-4;/h6-13,15-17H,1-5H3;11,16H,7-10H2,1-6H3;/q-1;;/b;12-11-;. The van der Waals surface area contributed by atoms with Gasteiger partial charge in [-0.1, -0.05) is 104 Å². The van der Waals surface area contributed by atoms with Gasteiger partial charge in [0.05, 0.1) is 6.26 Å². The Labute approximate surface area is 328 Å². The van der Waals surface area contributed by atoms with Gasteiger partial charge in [0, 0.05) is 63.9 Å². The molecule has 3 heterocycles. The van der Waals surface area contributed by atoms with Crippen molar-refractivity contribution in [3.8, 4) is 21.7 Å². The largest absolute Gasteiger partial charge is 0.512 e. The molecule has 0 aliphatic heterocycles. The van der Waals surface area contributed by atoms with Crippen molar-refractivity contribution in [2.75, 3.05) is 0 Å². The van der Waals surface area contributed by atoms with Gasteiger partial charge >= 0.3 is 0 Å². The smallest absolute Gasteiger partial charge is 0.164 e. The number of furan rings is 1. The summed E-state index contributed by atoms with van der Waals surface area (Å²) in [5.41, 5.74) is 7.33. The van der Waals surface area contributed by atoms with Crippen molar-refractivity contribution >= 4 is 48.9 Å². The third kappa shape index (κ3) is 8.00. The first-order valence-electron chi connectivity index (χ1n) is 18.4. The predicted molar refractivity (Wildman–Crippen MR) is 218 cm³/mol. The summed E-state index contributed by atoms with van der Waals surface area (Å²) in [7, 11) is 0. The van der Waals surface area contributed by atoms with Crippen LogP contribution in [0.15, 0.2) is 83.3 Å². The number of nitrogens with zero attached hydrogens (tertiary/aromatic N) is 1. The summed E-state index contributed by atoms with van der Waals surface area (Å²) in [5.74, 6) is 0.286. The number of rotatable bonds is 9. The zero-order valence-electron chi connectivity index (χ0n) is 32.7. The second-order valence-electron chi connectivity index (χ2n) is 15.5. The molecule has 0 fully saturated rings. The van der Waals surface area contributed by atoms with Crippen molar-refractivity contribution in [1.29, 1.82) is 0 Å². The van der Waals surface area contributed by atoms with E-state index < -0.39 is 0 Å². The van der Waals surface area contributed by atoms with E-state index in [1.165, 1.54) is 54.1 Å². The van der Waals surface area contributed by atoms with Crippen LogP contribution >= 0.6 is 11.3 Å². The van der Waals surface area contributed by atoms with Crippen LogP contribution in [0.1, 0.15) is 105 Å². The van der Waals surface area contributed by atoms with Gasteiger partial charge in [-0.3, -0.25) is 9.78 Å². The molecule has 3 aromatic heterocycles. The molecule has 1 N–H and O–H groups in total. The summed E-state index contributed by atoms with van der Waals surface area (Å²) in [5, 5.41) is 14.9. The number of pyridine rings is 1. The predicted octanol–water partition coefficient (Wildman–Crippen LogP) is 13.9. The second kappa shape index (κ2) is 16.2. The number of carbonyl (C=O) groups excluding carboxylic acids is 1. The number of aliphatic hydroxyl groups is 1. The number of hydrogen-bond donors (Lipinski definition) is 1. The number of carbonyl (C=O) groups is 1. The van der Waals surface area contributed by atoms with Crippen LogP contribution in [0.5, 0.6) is 0 Å². The van der Waals surface area contributed by atoms with E-state index in [1.54, 1.807) is 0 Å². The molecule has 4 nitrogen and oxygen atoms in total. The first-order valence-corrected chi connectivity index (χ1v) is 19.2. The van der Waals surface area contributed by atoms with E-state index in [0.717, 1.165) is 47.9 Å². The molecule has 0 aliphatic carbocycles. The fraction of sp³-hybridized carbons (Fsp3) is 0.391. The third-order valence-corrected chi connectivity index (χ3v) is 12.6. The summed E-state index contributed by atoms with van der Waals surface area (Å²) in [6.45, 7) is 23.2. The summed E-state index contributed by atoms with van der Waals surface area (Å²) in [6, 6.07) is 23.2. The van der Waals surface area contributed by atoms with Crippen molar-refractivity contribution in [3.05, 3.63) is 102 Å². The number of hydrogen-bond acceptors (Lipinski definition) is 5. The van der Waals surface area contributed by atoms with Crippen molar-refractivity contribution in [2.24, 2.45) is 10.8 Å². The minimum atomic E-state index is -0.337. The molecule has 0 saturated heterocycles. The molecule has 6 rings (SSSR count). The van der Waals surface area contributed by atoms with Gasteiger partial charge in [-0.15, -0.1) is 40.5 Å². The average molecular weight is 893 g/mol. The summed E-state index contributed by atoms with van der Waals surface area (Å²) < 4.78 is 7.03. The second-order valence-corrected chi connectivity index (χ2v) is 16.6. The Hall–Kier alpha value is -3.57. The quantitative estimate of drug-likeness (QED) is 0.0892. The molecule has 0 unspecified atom stereocenters. The minimum Gasteiger partial charge on any atom is -0.512 e. The molecule has 3 aromatic carbocycles. The van der Waals surface area contributed by atoms with E-state index in [1.807, 2.05) is 65.3 Å². The fourth-order valence-electron chi connectivity index (χ4n) is 6.64. The molecule has 6 aromatic rings. The topological polar surface area (TPSA) is 63.3 Å². The molecule has 6 heteroatoms. The van der Waals surface area contributed by atoms with Crippen LogP contribution in [-0.2, 0) is 30.3 Å². The maximum absolute atomic E-state index is 12.2. The maximum atomic E-state index is 12.2. The maximum Gasteiger partial charge on any atom is 0.164 e. The third-order valence-electron chi connectivity index (χ3n) is 11.3. The van der Waals surface area contributed by atoms with Gasteiger partial charge in [0.15, 0.2) is 5.78 Å². The number of aryl methyl sites for hydroxylation is 2. The number of fused-ring (bicyclic) bond motifs is 3. The molecular formula is C46H54IrNO3S-. The average Bonchev–Trinajstić information content (AvgIpc) is 3.68. The van der Waals surface area contributed by atoms with E-state index in [4.69, 9.17) is 9.40 Å². The molecule has 0 atom stereocenters. The van der Waals surface area contributed by atoms with Crippen molar-refractivity contribution in [3.63, 3.8) is 0 Å². The zero-order chi connectivity index (χ0) is 37.3. The number of aromatic nitrogens is 1. The number of thiophene rings is 1. The van der Waals surface area contributed by atoms with Gasteiger partial charge in [0.2, 0.25) is 0 Å². The van der Waals surface area contributed by atoms with Crippen LogP contribution in [0.3, 0.4) is 0 Å². The van der Waals surface area contributed by atoms with Gasteiger partial charge in [-0.25, -0.2) is 0 Å². The summed E-state index contributed by atoms with van der Waals surface area (Å²) >= 11 is 1.82. The van der Waals surface area contributed by atoms with Gasteiger partial charge in [-0.2, -0.15) is 0 Å². The normalized spacial score (nSPS) is 12.6. The van der Waals surface area contributed by atoms with E-state index in [0.29, 0.717) is 0 Å². The zero-order valence-corrected chi connectivity index (χ0v) is 35.9. The molecule has 1 radical (unpaired) electrons. The van der Waals surface area contributed by atoms with Crippen molar-refractivity contribution in [2.45, 2.75) is 107 Å². The fourth-order valence-corrected chi connectivity index (χ4v) is 7.84. The van der Waals surface area contributed by atoms with Gasteiger partial charge in [0.25, 0.3) is 0 Å². The number of ketones is 1. The van der Waals surface area contributed by atoms with E-state index in [2.05, 4.69) is 95.3 Å². The Morgan fingerprint density at radius 1 is 0.885 bits per heavy atom. The molecule has 0 aliphatic rings. The van der Waals surface area contributed by atoms with E-state index in [-0.39, 0.29) is 47.9 Å². The Morgan fingerprint density at radius 3 is 2.17 bits per heavy atom.